The number of ether oxygens (including phenoxy) is 1. The quantitative estimate of drug-likeness (QED) is 0.707. The van der Waals surface area contributed by atoms with E-state index in [0.29, 0.717) is 25.2 Å². The van der Waals surface area contributed by atoms with Crippen LogP contribution in [0.25, 0.3) is 0 Å². The highest BCUT2D eigenvalue weighted by molar-refractivity contribution is 5.79. The van der Waals surface area contributed by atoms with Gasteiger partial charge in [0.25, 0.3) is 0 Å². The maximum Gasteiger partial charge on any atom is 0.133 e. The van der Waals surface area contributed by atoms with Gasteiger partial charge in [-0.25, -0.2) is 0 Å². The molecule has 2 aromatic rings. The van der Waals surface area contributed by atoms with Crippen LogP contribution in [0.3, 0.4) is 0 Å². The smallest absolute Gasteiger partial charge is 0.133 e. The van der Waals surface area contributed by atoms with E-state index in [1.807, 2.05) is 24.3 Å². The summed E-state index contributed by atoms with van der Waals surface area (Å²) >= 11 is 0. The highest BCUT2D eigenvalue weighted by Crippen LogP contribution is 2.41. The first kappa shape index (κ1) is 18.7. The molecule has 3 nitrogen and oxygen atoms in total. The van der Waals surface area contributed by atoms with Crippen LogP contribution in [0.5, 0.6) is 5.75 Å². The van der Waals surface area contributed by atoms with Crippen molar-refractivity contribution in [3.8, 4) is 5.75 Å². The minimum absolute atomic E-state index is 0.0595. The average Bonchev–Trinajstić information content (AvgIpc) is 2.68. The van der Waals surface area contributed by atoms with Gasteiger partial charge in [0.05, 0.1) is 0 Å². The molecule has 0 bridgehead atoms. The number of hydrogen-bond donors (Lipinski definition) is 0. The molecule has 0 aliphatic heterocycles. The van der Waals surface area contributed by atoms with E-state index in [2.05, 4.69) is 49.2 Å². The van der Waals surface area contributed by atoms with Gasteiger partial charge in [-0.05, 0) is 56.1 Å². The first-order valence-corrected chi connectivity index (χ1v) is 9.64. The van der Waals surface area contributed by atoms with Crippen LogP contribution in [0.15, 0.2) is 54.6 Å². The van der Waals surface area contributed by atoms with Gasteiger partial charge in [0.15, 0.2) is 0 Å². The van der Waals surface area contributed by atoms with Gasteiger partial charge in [-0.1, -0.05) is 49.4 Å². The van der Waals surface area contributed by atoms with Crippen LogP contribution in [0.2, 0.25) is 0 Å². The predicted octanol–water partition coefficient (Wildman–Crippen LogP) is 4.95. The fraction of sp³-hybridized carbons (Fsp3) is 0.435. The minimum Gasteiger partial charge on any atom is -0.489 e. The van der Waals surface area contributed by atoms with Crippen molar-refractivity contribution in [2.75, 3.05) is 13.6 Å². The van der Waals surface area contributed by atoms with Crippen LogP contribution in [0, 0.1) is 0 Å². The molecule has 0 saturated heterocycles. The summed E-state index contributed by atoms with van der Waals surface area (Å²) in [6.45, 7) is 3.81. The van der Waals surface area contributed by atoms with Gasteiger partial charge in [0.1, 0.15) is 18.1 Å². The van der Waals surface area contributed by atoms with Gasteiger partial charge in [-0.15, -0.1) is 0 Å². The molecule has 1 saturated carbocycles. The van der Waals surface area contributed by atoms with E-state index >= 15 is 0 Å². The summed E-state index contributed by atoms with van der Waals surface area (Å²) in [7, 11) is 2.19. The molecule has 2 aromatic carbocycles. The fourth-order valence-corrected chi connectivity index (χ4v) is 4.00. The molecule has 0 spiro atoms. The Balaban J connectivity index is 1.81. The monoisotopic (exact) mass is 351 g/mol. The number of rotatable bonds is 7. The van der Waals surface area contributed by atoms with Gasteiger partial charge in [0, 0.05) is 18.4 Å². The number of Topliss-reactive ketones (excluding diaryl/α,β-unsaturated/α-hetero) is 1. The molecule has 138 valence electrons. The Morgan fingerprint density at radius 2 is 1.77 bits per heavy atom. The largest absolute Gasteiger partial charge is 0.489 e. The van der Waals surface area contributed by atoms with Gasteiger partial charge < -0.3 is 4.74 Å². The Hall–Kier alpha value is -2.13. The van der Waals surface area contributed by atoms with E-state index in [1.165, 1.54) is 11.1 Å². The third kappa shape index (κ3) is 4.16. The zero-order chi connectivity index (χ0) is 18.4. The number of benzene rings is 2. The predicted molar refractivity (Wildman–Crippen MR) is 105 cm³/mol. The summed E-state index contributed by atoms with van der Waals surface area (Å²) in [5.41, 5.74) is 2.38. The number of hydrogen-bond acceptors (Lipinski definition) is 3. The molecule has 1 fully saturated rings. The number of carbonyl (C=O) groups excluding carboxylic acids is 1. The van der Waals surface area contributed by atoms with Crippen molar-refractivity contribution in [1.29, 1.82) is 0 Å². The zero-order valence-electron chi connectivity index (χ0n) is 15.9. The molecule has 0 atom stereocenters. The molecule has 26 heavy (non-hydrogen) atoms. The van der Waals surface area contributed by atoms with Gasteiger partial charge in [0.2, 0.25) is 0 Å². The lowest BCUT2D eigenvalue weighted by molar-refractivity contribution is -0.123. The summed E-state index contributed by atoms with van der Waals surface area (Å²) in [6, 6.07) is 18.7. The van der Waals surface area contributed by atoms with E-state index in [-0.39, 0.29) is 5.54 Å². The van der Waals surface area contributed by atoms with Crippen molar-refractivity contribution in [3.63, 3.8) is 0 Å². The molecule has 1 aliphatic rings. The van der Waals surface area contributed by atoms with Crippen LogP contribution in [0.4, 0.5) is 0 Å². The standard InChI is InChI=1S/C23H29NO2/c1-3-16-24(2)23(14-12-21(25)13-15-23)20-10-7-11-22(17-20)26-18-19-8-5-4-6-9-19/h4-11,17H,3,12-16,18H2,1-2H3. The van der Waals surface area contributed by atoms with E-state index in [0.717, 1.165) is 31.6 Å². The third-order valence-corrected chi connectivity index (χ3v) is 5.54. The van der Waals surface area contributed by atoms with Crippen molar-refractivity contribution in [3.05, 3.63) is 65.7 Å². The molecular formula is C23H29NO2. The lowest BCUT2D eigenvalue weighted by atomic mass is 9.75. The van der Waals surface area contributed by atoms with Gasteiger partial charge in [-0.2, -0.15) is 0 Å². The van der Waals surface area contributed by atoms with Crippen LogP contribution < -0.4 is 4.74 Å². The topological polar surface area (TPSA) is 29.5 Å². The van der Waals surface area contributed by atoms with Crippen LogP contribution in [-0.4, -0.2) is 24.3 Å². The van der Waals surface area contributed by atoms with E-state index < -0.39 is 0 Å². The lowest BCUT2D eigenvalue weighted by Crippen LogP contribution is -2.46. The van der Waals surface area contributed by atoms with Crippen molar-refractivity contribution >= 4 is 5.78 Å². The summed E-state index contributed by atoms with van der Waals surface area (Å²) in [5.74, 6) is 1.29. The second-order valence-electron chi connectivity index (χ2n) is 7.29. The third-order valence-electron chi connectivity index (χ3n) is 5.54. The molecule has 0 heterocycles. The summed E-state index contributed by atoms with van der Waals surface area (Å²) in [6.07, 6.45) is 4.23. The number of nitrogens with zero attached hydrogens (tertiary/aromatic N) is 1. The number of ketones is 1. The molecule has 1 aliphatic carbocycles. The lowest BCUT2D eigenvalue weighted by Gasteiger charge is -2.45. The average molecular weight is 351 g/mol. The first-order chi connectivity index (χ1) is 12.6. The molecule has 0 radical (unpaired) electrons. The van der Waals surface area contributed by atoms with Crippen molar-refractivity contribution < 1.29 is 9.53 Å². The van der Waals surface area contributed by atoms with E-state index in [4.69, 9.17) is 4.74 Å². The second kappa shape index (κ2) is 8.50. The highest BCUT2D eigenvalue weighted by atomic mass is 16.5. The van der Waals surface area contributed by atoms with Crippen molar-refractivity contribution in [1.82, 2.24) is 4.90 Å². The second-order valence-corrected chi connectivity index (χ2v) is 7.29. The Kier molecular flexibility index (Phi) is 6.10. The molecule has 3 rings (SSSR count). The van der Waals surface area contributed by atoms with Crippen LogP contribution in [0.1, 0.15) is 50.2 Å². The molecule has 0 unspecified atom stereocenters. The van der Waals surface area contributed by atoms with Crippen molar-refractivity contribution in [2.45, 2.75) is 51.2 Å². The summed E-state index contributed by atoms with van der Waals surface area (Å²) < 4.78 is 6.04. The Morgan fingerprint density at radius 3 is 2.46 bits per heavy atom. The minimum atomic E-state index is -0.0595. The Morgan fingerprint density at radius 1 is 1.04 bits per heavy atom. The van der Waals surface area contributed by atoms with Crippen LogP contribution >= 0.6 is 0 Å². The normalized spacial score (nSPS) is 16.7. The zero-order valence-corrected chi connectivity index (χ0v) is 15.9. The Labute approximate surface area is 157 Å². The molecule has 0 amide bonds. The van der Waals surface area contributed by atoms with Crippen molar-refractivity contribution in [2.24, 2.45) is 0 Å². The molecule has 0 aromatic heterocycles. The first-order valence-electron chi connectivity index (χ1n) is 9.64. The van der Waals surface area contributed by atoms with Gasteiger partial charge in [-0.3, -0.25) is 9.69 Å². The van der Waals surface area contributed by atoms with Gasteiger partial charge >= 0.3 is 0 Å². The summed E-state index contributed by atoms with van der Waals surface area (Å²) in [4.78, 5) is 14.3. The van der Waals surface area contributed by atoms with E-state index in [1.54, 1.807) is 0 Å². The number of carbonyl (C=O) groups is 1. The maximum absolute atomic E-state index is 11.8. The Bertz CT molecular complexity index is 716. The molecule has 0 N–H and O–H groups in total. The van der Waals surface area contributed by atoms with Crippen LogP contribution in [-0.2, 0) is 16.9 Å². The molecular weight excluding hydrogens is 322 g/mol. The summed E-state index contributed by atoms with van der Waals surface area (Å²) in [5, 5.41) is 0. The molecule has 3 heteroatoms. The SMILES string of the molecule is CCCN(C)C1(c2cccc(OCc3ccccc3)c2)CCC(=O)CC1. The fourth-order valence-electron chi connectivity index (χ4n) is 4.00. The highest BCUT2D eigenvalue weighted by Gasteiger charge is 2.39. The van der Waals surface area contributed by atoms with E-state index in [9.17, 15) is 4.79 Å². The maximum atomic E-state index is 11.8.